The van der Waals surface area contributed by atoms with E-state index < -0.39 is 0 Å². The highest BCUT2D eigenvalue weighted by atomic mass is 35.5. The predicted molar refractivity (Wildman–Crippen MR) is 117 cm³/mol. The molecule has 1 heterocycles. The lowest BCUT2D eigenvalue weighted by Gasteiger charge is -2.35. The summed E-state index contributed by atoms with van der Waals surface area (Å²) >= 11 is 12.2. The van der Waals surface area contributed by atoms with Crippen LogP contribution in [0, 0.1) is 0 Å². The average Bonchev–Trinajstić information content (AvgIpc) is 2.73. The van der Waals surface area contributed by atoms with E-state index in [0.717, 1.165) is 33.0 Å². The zero-order chi connectivity index (χ0) is 20.1. The molecule has 144 valence electrons. The van der Waals surface area contributed by atoms with E-state index in [1.807, 2.05) is 60.7 Å². The number of phenols is 2. The maximum Gasteiger partial charge on any atom is 0.121 e. The highest BCUT2D eigenvalue weighted by Crippen LogP contribution is 2.48. The van der Waals surface area contributed by atoms with Crippen molar-refractivity contribution in [1.82, 2.24) is 5.32 Å². The van der Waals surface area contributed by atoms with Crippen LogP contribution in [0.1, 0.15) is 34.3 Å². The fourth-order valence-corrected chi connectivity index (χ4v) is 4.46. The molecule has 5 heteroatoms. The number of hydrogen-bond acceptors (Lipinski definition) is 3. The Morgan fingerprint density at radius 1 is 0.586 bits per heavy atom. The summed E-state index contributed by atoms with van der Waals surface area (Å²) in [5.41, 5.74) is 3.46. The second-order valence-electron chi connectivity index (χ2n) is 7.23. The first-order valence-electron chi connectivity index (χ1n) is 9.27. The largest absolute Gasteiger partial charge is 0.508 e. The van der Waals surface area contributed by atoms with E-state index in [-0.39, 0.29) is 23.6 Å². The number of benzene rings is 4. The van der Waals surface area contributed by atoms with Crippen LogP contribution < -0.4 is 5.32 Å². The molecule has 2 atom stereocenters. The summed E-state index contributed by atoms with van der Waals surface area (Å²) in [7, 11) is 0. The van der Waals surface area contributed by atoms with Crippen molar-refractivity contribution in [2.45, 2.75) is 12.1 Å². The quantitative estimate of drug-likeness (QED) is 0.353. The maximum absolute atomic E-state index is 10.8. The van der Waals surface area contributed by atoms with Crippen LogP contribution in [0.25, 0.3) is 10.8 Å². The number of hydrogen-bond donors (Lipinski definition) is 3. The second-order valence-corrected chi connectivity index (χ2v) is 8.10. The van der Waals surface area contributed by atoms with Gasteiger partial charge in [0.1, 0.15) is 11.5 Å². The Hall–Kier alpha value is -2.72. The van der Waals surface area contributed by atoms with Crippen molar-refractivity contribution in [3.8, 4) is 11.5 Å². The fraction of sp³-hybridized carbons (Fsp3) is 0.0833. The van der Waals surface area contributed by atoms with Gasteiger partial charge in [0.25, 0.3) is 0 Å². The molecule has 3 nitrogen and oxygen atoms in total. The Kier molecular flexibility index (Phi) is 4.39. The lowest BCUT2D eigenvalue weighted by Crippen LogP contribution is -2.32. The number of rotatable bonds is 2. The maximum atomic E-state index is 10.8. The van der Waals surface area contributed by atoms with E-state index in [9.17, 15) is 10.2 Å². The summed E-state index contributed by atoms with van der Waals surface area (Å²) in [4.78, 5) is 0. The minimum Gasteiger partial charge on any atom is -0.508 e. The van der Waals surface area contributed by atoms with E-state index in [0.29, 0.717) is 10.0 Å². The van der Waals surface area contributed by atoms with Gasteiger partial charge in [0.2, 0.25) is 0 Å². The molecule has 0 amide bonds. The van der Waals surface area contributed by atoms with Crippen molar-refractivity contribution in [1.29, 1.82) is 0 Å². The van der Waals surface area contributed by atoms with Crippen molar-refractivity contribution < 1.29 is 10.2 Å². The van der Waals surface area contributed by atoms with Gasteiger partial charge in [0, 0.05) is 21.2 Å². The average molecular weight is 422 g/mol. The van der Waals surface area contributed by atoms with Gasteiger partial charge < -0.3 is 10.2 Å². The summed E-state index contributed by atoms with van der Waals surface area (Å²) in [6.45, 7) is 0. The van der Waals surface area contributed by atoms with Gasteiger partial charge in [0.15, 0.2) is 0 Å². The topological polar surface area (TPSA) is 52.5 Å². The summed E-state index contributed by atoms with van der Waals surface area (Å²) in [5.74, 6) is 0.373. The van der Waals surface area contributed by atoms with Crippen LogP contribution in [0.4, 0.5) is 0 Å². The third-order valence-electron chi connectivity index (χ3n) is 5.54. The molecule has 4 aromatic rings. The van der Waals surface area contributed by atoms with Crippen LogP contribution in [-0.2, 0) is 0 Å². The van der Waals surface area contributed by atoms with Gasteiger partial charge in [-0.15, -0.1) is 0 Å². The van der Waals surface area contributed by atoms with E-state index >= 15 is 0 Å². The first-order valence-corrected chi connectivity index (χ1v) is 10.0. The molecule has 0 unspecified atom stereocenters. The van der Waals surface area contributed by atoms with Gasteiger partial charge in [-0.1, -0.05) is 59.6 Å². The van der Waals surface area contributed by atoms with Gasteiger partial charge >= 0.3 is 0 Å². The molecule has 0 radical (unpaired) electrons. The summed E-state index contributed by atoms with van der Waals surface area (Å²) in [6, 6.07) is 21.8. The molecule has 0 bridgehead atoms. The summed E-state index contributed by atoms with van der Waals surface area (Å²) in [6.07, 6.45) is 0. The first-order chi connectivity index (χ1) is 14.0. The summed E-state index contributed by atoms with van der Waals surface area (Å²) < 4.78 is 0. The zero-order valence-electron chi connectivity index (χ0n) is 15.2. The third kappa shape index (κ3) is 3.03. The number of halogens is 2. The van der Waals surface area contributed by atoms with Crippen molar-refractivity contribution in [2.75, 3.05) is 0 Å². The van der Waals surface area contributed by atoms with Crippen LogP contribution in [0.5, 0.6) is 11.5 Å². The molecule has 1 aliphatic rings. The SMILES string of the molecule is Oc1ccc2ccc(O)c3c2c1[C@H](c1ccc(Cl)cc1)N[C@H]3c1ccc(Cl)cc1. The molecule has 5 rings (SSSR count). The van der Waals surface area contributed by atoms with Gasteiger partial charge in [-0.05, 0) is 58.3 Å². The molecule has 0 saturated carbocycles. The fourth-order valence-electron chi connectivity index (χ4n) is 4.21. The molecular weight excluding hydrogens is 405 g/mol. The van der Waals surface area contributed by atoms with Crippen molar-refractivity contribution in [3.63, 3.8) is 0 Å². The van der Waals surface area contributed by atoms with Gasteiger partial charge in [0.05, 0.1) is 12.1 Å². The highest BCUT2D eigenvalue weighted by Gasteiger charge is 2.34. The highest BCUT2D eigenvalue weighted by molar-refractivity contribution is 6.30. The van der Waals surface area contributed by atoms with E-state index in [4.69, 9.17) is 23.2 Å². The third-order valence-corrected chi connectivity index (χ3v) is 6.04. The molecule has 1 aliphatic heterocycles. The second kappa shape index (κ2) is 6.96. The molecular formula is C24H17Cl2NO2. The normalized spacial score (nSPS) is 18.1. The smallest absolute Gasteiger partial charge is 0.121 e. The molecule has 0 aromatic heterocycles. The monoisotopic (exact) mass is 421 g/mol. The Morgan fingerprint density at radius 2 is 1.00 bits per heavy atom. The van der Waals surface area contributed by atoms with Crippen molar-refractivity contribution in [3.05, 3.63) is 105 Å². The number of phenolic OH excluding ortho intramolecular Hbond substituents is 2. The van der Waals surface area contributed by atoms with Crippen molar-refractivity contribution >= 4 is 34.0 Å². The van der Waals surface area contributed by atoms with Crippen LogP contribution in [-0.4, -0.2) is 10.2 Å². The number of aromatic hydroxyl groups is 2. The molecule has 3 N–H and O–H groups in total. The van der Waals surface area contributed by atoms with E-state index in [1.54, 1.807) is 12.1 Å². The van der Waals surface area contributed by atoms with Gasteiger partial charge in [-0.2, -0.15) is 0 Å². The minimum atomic E-state index is -0.272. The van der Waals surface area contributed by atoms with Crippen molar-refractivity contribution in [2.24, 2.45) is 0 Å². The molecule has 29 heavy (non-hydrogen) atoms. The van der Waals surface area contributed by atoms with Gasteiger partial charge in [-0.25, -0.2) is 0 Å². The molecule has 0 fully saturated rings. The standard InChI is InChI=1S/C24H17Cl2NO2/c25-16-7-1-14(2-8-16)23-21-18(28)11-5-13-6-12-19(29)22(20(13)21)24(27-23)15-3-9-17(26)10-4-15/h1-12,23-24,27-29H/t23-,24-/m0/s1. The lowest BCUT2D eigenvalue weighted by atomic mass is 9.81. The Morgan fingerprint density at radius 3 is 1.41 bits per heavy atom. The van der Waals surface area contributed by atoms with Crippen LogP contribution in [0.15, 0.2) is 72.8 Å². The predicted octanol–water partition coefficient (Wildman–Crippen LogP) is 6.34. The Labute approximate surface area is 178 Å². The number of nitrogens with one attached hydrogen (secondary N) is 1. The zero-order valence-corrected chi connectivity index (χ0v) is 16.7. The van der Waals surface area contributed by atoms with Crippen LogP contribution >= 0.6 is 23.2 Å². The Balaban J connectivity index is 1.82. The molecule has 4 aromatic carbocycles. The molecule has 0 spiro atoms. The molecule has 0 aliphatic carbocycles. The van der Waals surface area contributed by atoms with Gasteiger partial charge in [-0.3, -0.25) is 5.32 Å². The minimum absolute atomic E-state index is 0.186. The van der Waals surface area contributed by atoms with Crippen LogP contribution in [0.3, 0.4) is 0 Å². The Bertz CT molecular complexity index is 1130. The van der Waals surface area contributed by atoms with E-state index in [2.05, 4.69) is 5.32 Å². The van der Waals surface area contributed by atoms with E-state index in [1.165, 1.54) is 0 Å². The summed E-state index contributed by atoms with van der Waals surface area (Å²) in [5, 5.41) is 28.3. The lowest BCUT2D eigenvalue weighted by molar-refractivity contribution is 0.433. The first kappa shape index (κ1) is 18.3. The van der Waals surface area contributed by atoms with Crippen LogP contribution in [0.2, 0.25) is 10.0 Å². The molecule has 0 saturated heterocycles.